The van der Waals surface area contributed by atoms with E-state index in [0.29, 0.717) is 11.6 Å². The number of nitrogens with zero attached hydrogens (tertiary/aromatic N) is 4. The fourth-order valence-corrected chi connectivity index (χ4v) is 4.17. The topological polar surface area (TPSA) is 50.5 Å². The predicted octanol–water partition coefficient (Wildman–Crippen LogP) is 4.48. The number of carbonyl (C=O) groups is 1. The van der Waals surface area contributed by atoms with Crippen molar-refractivity contribution in [3.05, 3.63) is 94.0 Å². The smallest absolute Gasteiger partial charge is 0.230 e. The summed E-state index contributed by atoms with van der Waals surface area (Å²) in [5.41, 5.74) is 5.29. The van der Waals surface area contributed by atoms with Crippen LogP contribution in [-0.2, 0) is 13.0 Å². The molecule has 6 heteroatoms. The van der Waals surface area contributed by atoms with Gasteiger partial charge in [-0.15, -0.1) is 0 Å². The second kappa shape index (κ2) is 7.01. The van der Waals surface area contributed by atoms with Crippen LogP contribution in [0.4, 0.5) is 5.95 Å². The molecule has 0 atom stereocenters. The van der Waals surface area contributed by atoms with Crippen LogP contribution in [0.5, 0.6) is 0 Å². The standard InChI is InChI=1S/C23H19ClN4O/c1-15-12-18-8-4-5-10-28(18)21(15)22(29)20-19(24)13-25-23(26-20)27-11-9-16-6-2-3-7-17(16)14-27/h2-8,10,12-13H,9,11,14H2,1H3. The first-order chi connectivity index (χ1) is 14.1. The SMILES string of the molecule is Cc1cc2ccccn2c1C(=O)c1nc(N2CCc3ccccc3C2)ncc1Cl. The van der Waals surface area contributed by atoms with E-state index in [-0.39, 0.29) is 16.5 Å². The van der Waals surface area contributed by atoms with Gasteiger partial charge >= 0.3 is 0 Å². The fourth-order valence-electron chi connectivity index (χ4n) is 3.99. The lowest BCUT2D eigenvalue weighted by molar-refractivity contribution is 0.102. The van der Waals surface area contributed by atoms with Gasteiger partial charge in [-0.05, 0) is 48.2 Å². The molecule has 0 aliphatic carbocycles. The first-order valence-electron chi connectivity index (χ1n) is 9.57. The quantitative estimate of drug-likeness (QED) is 0.474. The highest BCUT2D eigenvalue weighted by atomic mass is 35.5. The number of carbonyl (C=O) groups excluding carboxylic acids is 1. The summed E-state index contributed by atoms with van der Waals surface area (Å²) < 4.78 is 1.88. The average Bonchev–Trinajstić information content (AvgIpc) is 3.09. The Hall–Kier alpha value is -3.18. The zero-order valence-electron chi connectivity index (χ0n) is 16.0. The van der Waals surface area contributed by atoms with Gasteiger partial charge in [-0.1, -0.05) is 41.9 Å². The highest BCUT2D eigenvalue weighted by Crippen LogP contribution is 2.26. The Morgan fingerprint density at radius 2 is 1.90 bits per heavy atom. The van der Waals surface area contributed by atoms with Gasteiger partial charge in [0.1, 0.15) is 5.69 Å². The Labute approximate surface area is 173 Å². The molecule has 5 nitrogen and oxygen atoms in total. The molecule has 4 aromatic rings. The average molecular weight is 403 g/mol. The van der Waals surface area contributed by atoms with Gasteiger partial charge in [0.05, 0.1) is 16.9 Å². The summed E-state index contributed by atoms with van der Waals surface area (Å²) in [6, 6.07) is 16.2. The molecule has 1 aromatic carbocycles. The van der Waals surface area contributed by atoms with Crippen LogP contribution in [-0.4, -0.2) is 26.7 Å². The Morgan fingerprint density at radius 3 is 2.76 bits per heavy atom. The van der Waals surface area contributed by atoms with Gasteiger partial charge in [-0.3, -0.25) is 4.79 Å². The van der Waals surface area contributed by atoms with E-state index in [1.54, 1.807) is 0 Å². The van der Waals surface area contributed by atoms with Crippen molar-refractivity contribution in [2.75, 3.05) is 11.4 Å². The first kappa shape index (κ1) is 17.9. The number of hydrogen-bond donors (Lipinski definition) is 0. The van der Waals surface area contributed by atoms with Gasteiger partial charge in [-0.25, -0.2) is 9.97 Å². The summed E-state index contributed by atoms with van der Waals surface area (Å²) >= 11 is 6.36. The lowest BCUT2D eigenvalue weighted by atomic mass is 10.0. The van der Waals surface area contributed by atoms with Crippen molar-refractivity contribution in [1.29, 1.82) is 0 Å². The van der Waals surface area contributed by atoms with Crippen LogP contribution in [0.3, 0.4) is 0 Å². The normalized spacial score (nSPS) is 13.5. The summed E-state index contributed by atoms with van der Waals surface area (Å²) in [5.74, 6) is 0.338. The van der Waals surface area contributed by atoms with E-state index in [0.717, 1.165) is 30.6 Å². The van der Waals surface area contributed by atoms with Crippen molar-refractivity contribution < 1.29 is 4.79 Å². The van der Waals surface area contributed by atoms with Crippen molar-refractivity contribution in [2.24, 2.45) is 0 Å². The van der Waals surface area contributed by atoms with Crippen LogP contribution in [0.1, 0.15) is 32.9 Å². The van der Waals surface area contributed by atoms with Crippen LogP contribution in [0.25, 0.3) is 5.52 Å². The molecule has 0 fully saturated rings. The van der Waals surface area contributed by atoms with Gasteiger partial charge in [0.25, 0.3) is 0 Å². The van der Waals surface area contributed by atoms with Crippen molar-refractivity contribution in [3.8, 4) is 0 Å². The number of rotatable bonds is 3. The van der Waals surface area contributed by atoms with Crippen LogP contribution >= 0.6 is 11.6 Å². The maximum absolute atomic E-state index is 13.4. The molecule has 3 aromatic heterocycles. The van der Waals surface area contributed by atoms with Crippen molar-refractivity contribution >= 4 is 28.8 Å². The van der Waals surface area contributed by atoms with E-state index in [2.05, 4.69) is 33.1 Å². The van der Waals surface area contributed by atoms with E-state index in [1.165, 1.54) is 17.3 Å². The summed E-state index contributed by atoms with van der Waals surface area (Å²) in [4.78, 5) is 24.5. The molecule has 144 valence electrons. The van der Waals surface area contributed by atoms with Gasteiger partial charge < -0.3 is 9.30 Å². The molecule has 4 heterocycles. The minimum Gasteiger partial charge on any atom is -0.336 e. The highest BCUT2D eigenvalue weighted by molar-refractivity contribution is 6.34. The van der Waals surface area contributed by atoms with Crippen LogP contribution < -0.4 is 4.90 Å². The van der Waals surface area contributed by atoms with E-state index in [4.69, 9.17) is 11.6 Å². The fraction of sp³-hybridized carbons (Fsp3) is 0.174. The molecule has 1 aliphatic heterocycles. The van der Waals surface area contributed by atoms with Crippen LogP contribution in [0, 0.1) is 6.92 Å². The second-order valence-corrected chi connectivity index (χ2v) is 7.71. The molecule has 29 heavy (non-hydrogen) atoms. The molecule has 0 bridgehead atoms. The number of ketones is 1. The van der Waals surface area contributed by atoms with Crippen molar-refractivity contribution in [3.63, 3.8) is 0 Å². The first-order valence-corrected chi connectivity index (χ1v) is 9.95. The van der Waals surface area contributed by atoms with E-state index in [9.17, 15) is 4.79 Å². The molecule has 0 saturated heterocycles. The van der Waals surface area contributed by atoms with Gasteiger partial charge in [-0.2, -0.15) is 0 Å². The van der Waals surface area contributed by atoms with Crippen molar-refractivity contribution in [1.82, 2.24) is 14.4 Å². The Morgan fingerprint density at radius 1 is 1.10 bits per heavy atom. The Kier molecular flexibility index (Phi) is 4.32. The van der Waals surface area contributed by atoms with E-state index < -0.39 is 0 Å². The maximum Gasteiger partial charge on any atom is 0.230 e. The highest BCUT2D eigenvalue weighted by Gasteiger charge is 2.24. The lowest BCUT2D eigenvalue weighted by Crippen LogP contribution is -2.32. The molecule has 0 spiro atoms. The Bertz CT molecular complexity index is 1250. The molecule has 0 radical (unpaired) electrons. The third-order valence-electron chi connectivity index (χ3n) is 5.45. The number of benzene rings is 1. The molecule has 5 rings (SSSR count). The largest absolute Gasteiger partial charge is 0.336 e. The van der Waals surface area contributed by atoms with Crippen LogP contribution in [0.2, 0.25) is 5.02 Å². The summed E-state index contributed by atoms with van der Waals surface area (Å²) in [5, 5.41) is 0.265. The summed E-state index contributed by atoms with van der Waals surface area (Å²) in [6.07, 6.45) is 4.34. The van der Waals surface area contributed by atoms with E-state index >= 15 is 0 Å². The minimum atomic E-state index is -0.195. The molecule has 0 unspecified atom stereocenters. The monoisotopic (exact) mass is 402 g/mol. The zero-order valence-corrected chi connectivity index (χ0v) is 16.7. The van der Waals surface area contributed by atoms with Gasteiger partial charge in [0.2, 0.25) is 11.7 Å². The molecule has 0 amide bonds. The second-order valence-electron chi connectivity index (χ2n) is 7.31. The van der Waals surface area contributed by atoms with Gasteiger partial charge in [0.15, 0.2) is 0 Å². The zero-order chi connectivity index (χ0) is 20.0. The summed E-state index contributed by atoms with van der Waals surface area (Å²) in [6.45, 7) is 3.45. The number of aryl methyl sites for hydroxylation is 1. The van der Waals surface area contributed by atoms with Crippen molar-refractivity contribution in [2.45, 2.75) is 19.9 Å². The molecular weight excluding hydrogens is 384 g/mol. The number of fused-ring (bicyclic) bond motifs is 2. The molecule has 0 N–H and O–H groups in total. The Balaban J connectivity index is 1.53. The number of pyridine rings is 1. The third kappa shape index (κ3) is 3.08. The number of aromatic nitrogens is 3. The van der Waals surface area contributed by atoms with Crippen LogP contribution in [0.15, 0.2) is 60.9 Å². The lowest BCUT2D eigenvalue weighted by Gasteiger charge is -2.29. The van der Waals surface area contributed by atoms with E-state index in [1.807, 2.05) is 47.9 Å². The number of anilines is 1. The summed E-state index contributed by atoms with van der Waals surface area (Å²) in [7, 11) is 0. The third-order valence-corrected chi connectivity index (χ3v) is 5.72. The number of hydrogen-bond acceptors (Lipinski definition) is 4. The van der Waals surface area contributed by atoms with Gasteiger partial charge in [0, 0.05) is 24.8 Å². The predicted molar refractivity (Wildman–Crippen MR) is 114 cm³/mol. The molecular formula is C23H19ClN4O. The molecule has 0 saturated carbocycles. The maximum atomic E-state index is 13.4. The number of halogens is 1. The molecule has 1 aliphatic rings. The minimum absolute atomic E-state index is 0.195.